The highest BCUT2D eigenvalue weighted by atomic mass is 16.5. The van der Waals surface area contributed by atoms with Crippen molar-refractivity contribution in [2.24, 2.45) is 5.92 Å². The van der Waals surface area contributed by atoms with Crippen molar-refractivity contribution in [3.05, 3.63) is 29.3 Å². The highest BCUT2D eigenvalue weighted by Crippen LogP contribution is 2.29. The van der Waals surface area contributed by atoms with E-state index in [1.165, 1.54) is 49.9 Å². The van der Waals surface area contributed by atoms with Gasteiger partial charge in [0.15, 0.2) is 6.61 Å². The number of likely N-dealkylation sites (tertiary alicyclic amines) is 1. The van der Waals surface area contributed by atoms with Crippen LogP contribution in [0.15, 0.2) is 18.2 Å². The van der Waals surface area contributed by atoms with Gasteiger partial charge < -0.3 is 15.0 Å². The van der Waals surface area contributed by atoms with Crippen molar-refractivity contribution in [3.63, 3.8) is 0 Å². The number of hydrogen-bond donors (Lipinski definition) is 1. The molecule has 0 bridgehead atoms. The summed E-state index contributed by atoms with van der Waals surface area (Å²) in [5.74, 6) is 1.70. The van der Waals surface area contributed by atoms with E-state index in [1.807, 2.05) is 12.1 Å². The molecule has 1 heterocycles. The van der Waals surface area contributed by atoms with Crippen LogP contribution in [0.1, 0.15) is 50.2 Å². The number of rotatable bonds is 7. The molecule has 1 atom stereocenters. The van der Waals surface area contributed by atoms with Crippen molar-refractivity contribution in [1.82, 2.24) is 10.2 Å². The first-order chi connectivity index (χ1) is 12.2. The van der Waals surface area contributed by atoms with Crippen molar-refractivity contribution in [2.75, 3.05) is 32.8 Å². The third-order valence-corrected chi connectivity index (χ3v) is 5.43. The van der Waals surface area contributed by atoms with Gasteiger partial charge in [0.05, 0.1) is 0 Å². The summed E-state index contributed by atoms with van der Waals surface area (Å²) in [6.45, 7) is 6.68. The maximum absolute atomic E-state index is 12.0. The highest BCUT2D eigenvalue weighted by Gasteiger charge is 2.16. The molecular formula is C21H32N2O2. The maximum Gasteiger partial charge on any atom is 0.257 e. The fourth-order valence-corrected chi connectivity index (χ4v) is 4.10. The minimum atomic E-state index is -0.0135. The van der Waals surface area contributed by atoms with Crippen LogP contribution in [0, 0.1) is 5.92 Å². The molecule has 1 fully saturated rings. The van der Waals surface area contributed by atoms with E-state index in [-0.39, 0.29) is 12.5 Å². The average Bonchev–Trinajstić information content (AvgIpc) is 2.63. The SMILES string of the molecule is CC1CCCN(CCCNC(=O)COc2cccc3c2CCCC3)C1. The van der Waals surface area contributed by atoms with Crippen LogP contribution in [-0.4, -0.2) is 43.6 Å². The van der Waals surface area contributed by atoms with Gasteiger partial charge in [0.1, 0.15) is 5.75 Å². The number of nitrogens with one attached hydrogen (secondary N) is 1. The molecule has 0 aromatic heterocycles. The zero-order valence-corrected chi connectivity index (χ0v) is 15.6. The normalized spacial score (nSPS) is 20.8. The topological polar surface area (TPSA) is 41.6 Å². The Balaban J connectivity index is 1.34. The molecule has 0 radical (unpaired) electrons. The number of benzene rings is 1. The van der Waals surface area contributed by atoms with Crippen molar-refractivity contribution in [3.8, 4) is 5.75 Å². The van der Waals surface area contributed by atoms with Crippen LogP contribution < -0.4 is 10.1 Å². The Kier molecular flexibility index (Phi) is 6.74. The average molecular weight is 344 g/mol. The van der Waals surface area contributed by atoms with Gasteiger partial charge in [0.2, 0.25) is 0 Å². The first kappa shape index (κ1) is 18.2. The summed E-state index contributed by atoms with van der Waals surface area (Å²) in [7, 11) is 0. The van der Waals surface area contributed by atoms with Crippen LogP contribution in [0.2, 0.25) is 0 Å². The lowest BCUT2D eigenvalue weighted by Crippen LogP contribution is -2.37. The number of hydrogen-bond acceptors (Lipinski definition) is 3. The first-order valence-corrected chi connectivity index (χ1v) is 9.95. The summed E-state index contributed by atoms with van der Waals surface area (Å²) in [5, 5.41) is 2.99. The van der Waals surface area contributed by atoms with Crippen molar-refractivity contribution in [2.45, 2.75) is 51.9 Å². The molecule has 1 aliphatic heterocycles. The number of ether oxygens (including phenoxy) is 1. The van der Waals surface area contributed by atoms with E-state index in [1.54, 1.807) is 0 Å². The number of fused-ring (bicyclic) bond motifs is 1. The molecule has 1 aromatic carbocycles. The fraction of sp³-hybridized carbons (Fsp3) is 0.667. The van der Waals surface area contributed by atoms with E-state index >= 15 is 0 Å². The molecule has 1 aromatic rings. The van der Waals surface area contributed by atoms with E-state index in [0.29, 0.717) is 0 Å². The molecule has 4 nitrogen and oxygen atoms in total. The molecule has 3 rings (SSSR count). The van der Waals surface area contributed by atoms with Gasteiger partial charge in [-0.05, 0) is 81.1 Å². The van der Waals surface area contributed by atoms with Gasteiger partial charge in [-0.15, -0.1) is 0 Å². The second kappa shape index (κ2) is 9.23. The number of carbonyl (C=O) groups excluding carboxylic acids is 1. The van der Waals surface area contributed by atoms with E-state index in [4.69, 9.17) is 4.74 Å². The lowest BCUT2D eigenvalue weighted by Gasteiger charge is -2.30. The van der Waals surface area contributed by atoms with Gasteiger partial charge >= 0.3 is 0 Å². The molecule has 4 heteroatoms. The molecule has 1 N–H and O–H groups in total. The molecule has 0 saturated carbocycles. The molecule has 25 heavy (non-hydrogen) atoms. The van der Waals surface area contributed by atoms with Gasteiger partial charge in [0, 0.05) is 13.1 Å². The highest BCUT2D eigenvalue weighted by molar-refractivity contribution is 5.77. The van der Waals surface area contributed by atoms with Crippen molar-refractivity contribution < 1.29 is 9.53 Å². The molecule has 1 saturated heterocycles. The molecule has 2 aliphatic rings. The largest absolute Gasteiger partial charge is 0.483 e. The Bertz CT molecular complexity index is 573. The van der Waals surface area contributed by atoms with Crippen LogP contribution in [-0.2, 0) is 17.6 Å². The smallest absolute Gasteiger partial charge is 0.257 e. The zero-order valence-electron chi connectivity index (χ0n) is 15.6. The number of piperidine rings is 1. The second-order valence-corrected chi connectivity index (χ2v) is 7.64. The van der Waals surface area contributed by atoms with Crippen LogP contribution in [0.25, 0.3) is 0 Å². The Hall–Kier alpha value is -1.55. The third-order valence-electron chi connectivity index (χ3n) is 5.43. The number of carbonyl (C=O) groups is 1. The molecular weight excluding hydrogens is 312 g/mol. The minimum absolute atomic E-state index is 0.0135. The van der Waals surface area contributed by atoms with E-state index < -0.39 is 0 Å². The summed E-state index contributed by atoms with van der Waals surface area (Å²) in [6.07, 6.45) is 8.35. The van der Waals surface area contributed by atoms with Crippen LogP contribution >= 0.6 is 0 Å². The summed E-state index contributed by atoms with van der Waals surface area (Å²) < 4.78 is 5.80. The molecule has 1 amide bonds. The van der Waals surface area contributed by atoms with Gasteiger partial charge in [-0.1, -0.05) is 19.1 Å². The van der Waals surface area contributed by atoms with E-state index in [0.717, 1.165) is 44.0 Å². The monoisotopic (exact) mass is 344 g/mol. The predicted octanol–water partition coefficient (Wildman–Crippen LogP) is 3.18. The molecule has 1 unspecified atom stereocenters. The molecule has 138 valence electrons. The van der Waals surface area contributed by atoms with Crippen molar-refractivity contribution in [1.29, 1.82) is 0 Å². The lowest BCUT2D eigenvalue weighted by molar-refractivity contribution is -0.123. The maximum atomic E-state index is 12.0. The van der Waals surface area contributed by atoms with E-state index in [9.17, 15) is 4.79 Å². The number of nitrogens with zero attached hydrogens (tertiary/aromatic N) is 1. The fourth-order valence-electron chi connectivity index (χ4n) is 4.10. The molecule has 1 aliphatic carbocycles. The Morgan fingerprint density at radius 2 is 2.16 bits per heavy atom. The Labute approximate surface area is 151 Å². The standard InChI is InChI=1S/C21H32N2O2/c1-17-7-5-13-23(15-17)14-6-12-22-21(24)16-25-20-11-4-9-18-8-2-3-10-19(18)20/h4,9,11,17H,2-3,5-8,10,12-16H2,1H3,(H,22,24). The van der Waals surface area contributed by atoms with Crippen molar-refractivity contribution >= 4 is 5.91 Å². The van der Waals surface area contributed by atoms with Crippen LogP contribution in [0.5, 0.6) is 5.75 Å². The summed E-state index contributed by atoms with van der Waals surface area (Å²) in [4.78, 5) is 14.6. The van der Waals surface area contributed by atoms with Gasteiger partial charge in [-0.3, -0.25) is 4.79 Å². The van der Waals surface area contributed by atoms with Gasteiger partial charge in [0.25, 0.3) is 5.91 Å². The number of amides is 1. The minimum Gasteiger partial charge on any atom is -0.483 e. The first-order valence-electron chi connectivity index (χ1n) is 9.95. The third kappa shape index (κ3) is 5.46. The van der Waals surface area contributed by atoms with Crippen LogP contribution in [0.3, 0.4) is 0 Å². The summed E-state index contributed by atoms with van der Waals surface area (Å²) in [6, 6.07) is 6.22. The van der Waals surface area contributed by atoms with Crippen LogP contribution in [0.4, 0.5) is 0 Å². The molecule has 0 spiro atoms. The summed E-state index contributed by atoms with van der Waals surface area (Å²) >= 11 is 0. The van der Waals surface area contributed by atoms with Gasteiger partial charge in [-0.2, -0.15) is 0 Å². The summed E-state index contributed by atoms with van der Waals surface area (Å²) in [5.41, 5.74) is 2.70. The Morgan fingerprint density at radius 1 is 1.28 bits per heavy atom. The Morgan fingerprint density at radius 3 is 3.04 bits per heavy atom. The van der Waals surface area contributed by atoms with Gasteiger partial charge in [-0.25, -0.2) is 0 Å². The second-order valence-electron chi connectivity index (χ2n) is 7.64. The van der Waals surface area contributed by atoms with E-state index in [2.05, 4.69) is 23.2 Å². The quantitative estimate of drug-likeness (QED) is 0.773. The zero-order chi connectivity index (χ0) is 17.5. The number of aryl methyl sites for hydroxylation is 1. The predicted molar refractivity (Wildman–Crippen MR) is 101 cm³/mol. The lowest BCUT2D eigenvalue weighted by atomic mass is 9.91.